The van der Waals surface area contributed by atoms with Crippen LogP contribution in [0, 0.1) is 0 Å². The van der Waals surface area contributed by atoms with Gasteiger partial charge >= 0.3 is 0 Å². The molecule has 118 valence electrons. The second kappa shape index (κ2) is 7.39. The standard InChI is InChI=1S/C8H20OSi.C7H18OSi/c1-8(2,3)10(4,5)7-6-9;1-7(2,3)9(4,5)6-8/h9H,6-7H2,1-5H3;8H,6H2,1-5H3. The minimum atomic E-state index is -1.32. The molecular formula is C15H38O2Si2. The van der Waals surface area contributed by atoms with Crippen LogP contribution in [0.5, 0.6) is 0 Å². The van der Waals surface area contributed by atoms with Crippen molar-refractivity contribution in [3.63, 3.8) is 0 Å². The summed E-state index contributed by atoms with van der Waals surface area (Å²) in [5.41, 5.74) is 0. The van der Waals surface area contributed by atoms with Gasteiger partial charge in [0.1, 0.15) is 0 Å². The summed E-state index contributed by atoms with van der Waals surface area (Å²) in [6.45, 7) is 22.9. The van der Waals surface area contributed by atoms with E-state index in [2.05, 4.69) is 67.7 Å². The highest BCUT2D eigenvalue weighted by molar-refractivity contribution is 6.80. The Balaban J connectivity index is 0. The summed E-state index contributed by atoms with van der Waals surface area (Å²) >= 11 is 0. The first-order valence-corrected chi connectivity index (χ1v) is 13.8. The molecule has 0 aliphatic rings. The molecule has 0 saturated heterocycles. The summed E-state index contributed by atoms with van der Waals surface area (Å²) < 4.78 is 0. The fraction of sp³-hybridized carbons (Fsp3) is 1.00. The predicted octanol–water partition coefficient (Wildman–Crippen LogP) is 4.51. The average molecular weight is 307 g/mol. The summed E-state index contributed by atoms with van der Waals surface area (Å²) in [4.78, 5) is 0. The van der Waals surface area contributed by atoms with E-state index in [1.807, 2.05) is 0 Å². The molecule has 0 amide bonds. The van der Waals surface area contributed by atoms with Crippen molar-refractivity contribution in [3.05, 3.63) is 0 Å². The molecule has 0 rings (SSSR count). The highest BCUT2D eigenvalue weighted by atomic mass is 28.3. The minimum Gasteiger partial charge on any atom is -0.400 e. The number of aliphatic hydroxyl groups excluding tert-OH is 2. The van der Waals surface area contributed by atoms with Crippen molar-refractivity contribution in [1.82, 2.24) is 0 Å². The summed E-state index contributed by atoms with van der Waals surface area (Å²) in [7, 11) is -2.48. The Hall–Kier alpha value is 0.354. The molecule has 0 bridgehead atoms. The molecule has 2 nitrogen and oxygen atoms in total. The van der Waals surface area contributed by atoms with E-state index in [0.717, 1.165) is 6.04 Å². The van der Waals surface area contributed by atoms with E-state index in [-0.39, 0.29) is 0 Å². The van der Waals surface area contributed by atoms with Gasteiger partial charge in [-0.05, 0) is 16.1 Å². The Morgan fingerprint density at radius 3 is 1.05 bits per heavy atom. The van der Waals surface area contributed by atoms with Gasteiger partial charge in [0.25, 0.3) is 0 Å². The van der Waals surface area contributed by atoms with Crippen LogP contribution in [0.4, 0.5) is 0 Å². The summed E-state index contributed by atoms with van der Waals surface area (Å²) in [5, 5.41) is 18.6. The maximum Gasteiger partial charge on any atom is 0.0825 e. The Labute approximate surface area is 123 Å². The van der Waals surface area contributed by atoms with Crippen LogP contribution in [0.2, 0.25) is 42.3 Å². The first-order chi connectivity index (χ1) is 8.12. The van der Waals surface area contributed by atoms with E-state index < -0.39 is 16.1 Å². The van der Waals surface area contributed by atoms with Gasteiger partial charge in [0, 0.05) is 12.8 Å². The van der Waals surface area contributed by atoms with Crippen LogP contribution in [0.25, 0.3) is 0 Å². The highest BCUT2D eigenvalue weighted by Gasteiger charge is 2.34. The fourth-order valence-corrected chi connectivity index (χ4v) is 2.68. The molecule has 0 aliphatic heterocycles. The molecule has 0 aliphatic carbocycles. The molecule has 2 N–H and O–H groups in total. The van der Waals surface area contributed by atoms with Gasteiger partial charge in [-0.3, -0.25) is 0 Å². The van der Waals surface area contributed by atoms with Crippen LogP contribution in [-0.2, 0) is 0 Å². The average Bonchev–Trinajstić information content (AvgIpc) is 2.15. The zero-order valence-electron chi connectivity index (χ0n) is 15.0. The lowest BCUT2D eigenvalue weighted by molar-refractivity contribution is 0.315. The minimum absolute atomic E-state index is 0.335. The van der Waals surface area contributed by atoms with Crippen molar-refractivity contribution in [2.24, 2.45) is 0 Å². The molecule has 0 aromatic carbocycles. The molecule has 0 spiro atoms. The van der Waals surface area contributed by atoms with Gasteiger partial charge in [0.15, 0.2) is 0 Å². The highest BCUT2D eigenvalue weighted by Crippen LogP contribution is 2.38. The Bertz CT molecular complexity index is 248. The molecule has 0 aromatic rings. The summed E-state index contributed by atoms with van der Waals surface area (Å²) in [6, 6.07) is 1.02. The van der Waals surface area contributed by atoms with Crippen molar-refractivity contribution in [2.45, 2.75) is 83.9 Å². The maximum absolute atomic E-state index is 8.99. The molecule has 4 heteroatoms. The van der Waals surface area contributed by atoms with E-state index in [4.69, 9.17) is 10.2 Å². The molecule has 19 heavy (non-hydrogen) atoms. The normalized spacial score (nSPS) is 13.9. The quantitative estimate of drug-likeness (QED) is 0.753. The van der Waals surface area contributed by atoms with E-state index in [0.29, 0.717) is 22.9 Å². The van der Waals surface area contributed by atoms with Crippen molar-refractivity contribution < 1.29 is 10.2 Å². The summed E-state index contributed by atoms with van der Waals surface area (Å²) in [5.74, 6) is 0. The van der Waals surface area contributed by atoms with Crippen LogP contribution >= 0.6 is 0 Å². The lowest BCUT2D eigenvalue weighted by atomic mass is 10.2. The van der Waals surface area contributed by atoms with Gasteiger partial charge < -0.3 is 10.2 Å². The number of rotatable bonds is 3. The largest absolute Gasteiger partial charge is 0.400 e. The van der Waals surface area contributed by atoms with E-state index in [9.17, 15) is 0 Å². The monoisotopic (exact) mass is 306 g/mol. The van der Waals surface area contributed by atoms with Crippen LogP contribution < -0.4 is 0 Å². The number of aliphatic hydroxyl groups is 2. The third kappa shape index (κ3) is 7.64. The molecule has 0 saturated carbocycles. The zero-order valence-corrected chi connectivity index (χ0v) is 17.0. The van der Waals surface area contributed by atoms with Gasteiger partial charge in [-0.2, -0.15) is 0 Å². The Kier molecular flexibility index (Phi) is 8.42. The number of hydrogen-bond donors (Lipinski definition) is 2. The third-order valence-corrected chi connectivity index (χ3v) is 15.6. The second-order valence-electron chi connectivity index (χ2n) is 8.90. The summed E-state index contributed by atoms with van der Waals surface area (Å²) in [6.07, 6.45) is 0.399. The lowest BCUT2D eigenvalue weighted by Gasteiger charge is -2.36. The molecule has 0 heterocycles. The Morgan fingerprint density at radius 1 is 0.684 bits per heavy atom. The topological polar surface area (TPSA) is 40.5 Å². The van der Waals surface area contributed by atoms with E-state index >= 15 is 0 Å². The maximum atomic E-state index is 8.99. The van der Waals surface area contributed by atoms with Crippen LogP contribution in [0.1, 0.15) is 41.5 Å². The molecule has 0 unspecified atom stereocenters. The molecule has 0 atom stereocenters. The van der Waals surface area contributed by atoms with Crippen molar-refractivity contribution in [3.8, 4) is 0 Å². The van der Waals surface area contributed by atoms with E-state index in [1.165, 1.54) is 0 Å². The van der Waals surface area contributed by atoms with Crippen molar-refractivity contribution >= 4 is 16.1 Å². The van der Waals surface area contributed by atoms with Gasteiger partial charge in [-0.25, -0.2) is 0 Å². The first kappa shape index (κ1) is 21.6. The van der Waals surface area contributed by atoms with E-state index in [1.54, 1.807) is 0 Å². The molecule has 0 fully saturated rings. The SMILES string of the molecule is CC(C)(C)[Si](C)(C)CCO.CC(C)(C)[Si](C)(C)CO. The van der Waals surface area contributed by atoms with Gasteiger partial charge in [-0.1, -0.05) is 67.7 Å². The van der Waals surface area contributed by atoms with Gasteiger partial charge in [-0.15, -0.1) is 0 Å². The fourth-order valence-electron chi connectivity index (χ4n) is 0.892. The number of hydrogen-bond acceptors (Lipinski definition) is 2. The molecular weight excluding hydrogens is 268 g/mol. The van der Waals surface area contributed by atoms with Crippen molar-refractivity contribution in [1.29, 1.82) is 0 Å². The van der Waals surface area contributed by atoms with Crippen LogP contribution in [0.3, 0.4) is 0 Å². The lowest BCUT2D eigenvalue weighted by Crippen LogP contribution is -2.41. The van der Waals surface area contributed by atoms with Crippen LogP contribution in [-0.4, -0.2) is 39.2 Å². The Morgan fingerprint density at radius 2 is 1.00 bits per heavy atom. The smallest absolute Gasteiger partial charge is 0.0825 e. The van der Waals surface area contributed by atoms with Gasteiger partial charge in [0.2, 0.25) is 0 Å². The second-order valence-corrected chi connectivity index (χ2v) is 20.3. The third-order valence-electron chi connectivity index (χ3n) is 5.19. The van der Waals surface area contributed by atoms with Gasteiger partial charge in [0.05, 0.1) is 16.1 Å². The first-order valence-electron chi connectivity index (χ1n) is 7.34. The zero-order chi connectivity index (χ0) is 16.1. The van der Waals surface area contributed by atoms with Crippen LogP contribution in [0.15, 0.2) is 0 Å². The predicted molar refractivity (Wildman–Crippen MR) is 93.4 cm³/mol. The molecule has 0 radical (unpaired) electrons. The molecule has 0 aromatic heterocycles. The van der Waals surface area contributed by atoms with Crippen molar-refractivity contribution in [2.75, 3.05) is 12.8 Å².